The molecule has 3 rings (SSSR count). The van der Waals surface area contributed by atoms with Gasteiger partial charge in [0.1, 0.15) is 0 Å². The average molecular weight is 244 g/mol. The van der Waals surface area contributed by atoms with Crippen molar-refractivity contribution in [3.8, 4) is 0 Å². The minimum atomic E-state index is -0.345. The normalized spacial score (nSPS) is 21.7. The molecule has 0 unspecified atom stereocenters. The van der Waals surface area contributed by atoms with Crippen LogP contribution in [-0.4, -0.2) is 28.3 Å². The number of H-pyrrole nitrogens is 1. The Bertz CT molecular complexity index is 542. The summed E-state index contributed by atoms with van der Waals surface area (Å²) in [6.07, 6.45) is 3.59. The molecule has 0 radical (unpaired) electrons. The van der Waals surface area contributed by atoms with Crippen LogP contribution in [0.3, 0.4) is 0 Å². The van der Waals surface area contributed by atoms with Crippen molar-refractivity contribution < 1.29 is 9.31 Å². The Morgan fingerprint density at radius 1 is 1.17 bits per heavy atom. The van der Waals surface area contributed by atoms with Crippen LogP contribution in [0.4, 0.5) is 0 Å². The summed E-state index contributed by atoms with van der Waals surface area (Å²) in [6, 6.07) is 4.03. The summed E-state index contributed by atoms with van der Waals surface area (Å²) in [6.45, 7) is 8.21. The molecule has 0 amide bonds. The van der Waals surface area contributed by atoms with Crippen LogP contribution in [0, 0.1) is 0 Å². The highest BCUT2D eigenvalue weighted by Crippen LogP contribution is 2.36. The number of hydrogen-bond acceptors (Lipinski definition) is 3. The molecule has 1 aliphatic rings. The third-order valence-electron chi connectivity index (χ3n) is 3.95. The Hall–Kier alpha value is -1.33. The molecule has 4 nitrogen and oxygen atoms in total. The van der Waals surface area contributed by atoms with Crippen LogP contribution >= 0.6 is 0 Å². The standard InChI is InChI=1S/C13H17BN2O2/c1-12(2)13(3,4)18-14(17-12)11-7-9-5-6-15-8-10(9)16-11/h5-8,16H,1-4H3. The van der Waals surface area contributed by atoms with Gasteiger partial charge in [0.05, 0.1) is 22.9 Å². The number of hydrogen-bond donors (Lipinski definition) is 1. The van der Waals surface area contributed by atoms with Gasteiger partial charge in [0.15, 0.2) is 0 Å². The zero-order valence-electron chi connectivity index (χ0n) is 11.2. The lowest BCUT2D eigenvalue weighted by molar-refractivity contribution is 0.00578. The molecule has 0 atom stereocenters. The van der Waals surface area contributed by atoms with E-state index in [1.807, 2.05) is 12.3 Å². The number of aromatic nitrogens is 2. The van der Waals surface area contributed by atoms with E-state index in [2.05, 4.69) is 43.7 Å². The molecule has 0 spiro atoms. The van der Waals surface area contributed by atoms with Crippen molar-refractivity contribution in [3.63, 3.8) is 0 Å². The van der Waals surface area contributed by atoms with E-state index in [1.54, 1.807) is 6.20 Å². The van der Waals surface area contributed by atoms with Crippen molar-refractivity contribution >= 4 is 23.6 Å². The second kappa shape index (κ2) is 3.59. The minimum Gasteiger partial charge on any atom is -0.398 e. The van der Waals surface area contributed by atoms with Crippen molar-refractivity contribution in [2.45, 2.75) is 38.9 Å². The molecule has 2 aromatic heterocycles. The zero-order valence-corrected chi connectivity index (χ0v) is 11.2. The maximum atomic E-state index is 6.01. The maximum absolute atomic E-state index is 6.01. The quantitative estimate of drug-likeness (QED) is 0.779. The Morgan fingerprint density at radius 3 is 2.44 bits per heavy atom. The Balaban J connectivity index is 1.97. The van der Waals surface area contributed by atoms with Gasteiger partial charge in [-0.2, -0.15) is 0 Å². The average Bonchev–Trinajstić information content (AvgIpc) is 2.78. The van der Waals surface area contributed by atoms with E-state index in [0.717, 1.165) is 16.5 Å². The lowest BCUT2D eigenvalue weighted by Crippen LogP contribution is -2.41. The minimum absolute atomic E-state index is 0.312. The summed E-state index contributed by atoms with van der Waals surface area (Å²) in [7, 11) is -0.345. The lowest BCUT2D eigenvalue weighted by atomic mass is 9.85. The fraction of sp³-hybridized carbons (Fsp3) is 0.462. The molecule has 0 bridgehead atoms. The van der Waals surface area contributed by atoms with Gasteiger partial charge in [-0.05, 0) is 39.8 Å². The predicted octanol–water partition coefficient (Wildman–Crippen LogP) is 1.86. The number of aromatic amines is 1. The van der Waals surface area contributed by atoms with Gasteiger partial charge in [-0.3, -0.25) is 4.98 Å². The SMILES string of the molecule is CC1(C)OB(c2cc3ccncc3[nH]2)OC1(C)C. The number of nitrogens with one attached hydrogen (secondary N) is 1. The van der Waals surface area contributed by atoms with Crippen molar-refractivity contribution in [1.82, 2.24) is 9.97 Å². The van der Waals surface area contributed by atoms with Crippen LogP contribution < -0.4 is 5.59 Å². The van der Waals surface area contributed by atoms with Gasteiger partial charge in [0.2, 0.25) is 0 Å². The second-order valence-electron chi connectivity index (χ2n) is 5.78. The summed E-state index contributed by atoms with van der Waals surface area (Å²) in [5.74, 6) is 0. The van der Waals surface area contributed by atoms with Crippen LogP contribution in [0.5, 0.6) is 0 Å². The van der Waals surface area contributed by atoms with Crippen molar-refractivity contribution in [2.24, 2.45) is 0 Å². The van der Waals surface area contributed by atoms with Crippen molar-refractivity contribution in [1.29, 1.82) is 0 Å². The lowest BCUT2D eigenvalue weighted by Gasteiger charge is -2.32. The van der Waals surface area contributed by atoms with Gasteiger partial charge in [-0.15, -0.1) is 0 Å². The fourth-order valence-corrected chi connectivity index (χ4v) is 2.09. The van der Waals surface area contributed by atoms with Crippen molar-refractivity contribution in [2.75, 3.05) is 0 Å². The summed E-state index contributed by atoms with van der Waals surface area (Å²) in [5, 5.41) is 1.12. The van der Waals surface area contributed by atoms with Gasteiger partial charge in [-0.25, -0.2) is 0 Å². The Morgan fingerprint density at radius 2 is 1.83 bits per heavy atom. The van der Waals surface area contributed by atoms with Gasteiger partial charge >= 0.3 is 7.12 Å². The van der Waals surface area contributed by atoms with E-state index in [9.17, 15) is 0 Å². The van der Waals surface area contributed by atoms with Gasteiger partial charge < -0.3 is 14.3 Å². The molecule has 1 N–H and O–H groups in total. The van der Waals surface area contributed by atoms with E-state index in [0.29, 0.717) is 0 Å². The smallest absolute Gasteiger partial charge is 0.398 e. The van der Waals surface area contributed by atoms with Crippen LogP contribution in [0.1, 0.15) is 27.7 Å². The first-order chi connectivity index (χ1) is 8.39. The van der Waals surface area contributed by atoms with Gasteiger partial charge in [-0.1, -0.05) is 0 Å². The first-order valence-corrected chi connectivity index (χ1v) is 6.17. The van der Waals surface area contributed by atoms with Crippen LogP contribution in [0.25, 0.3) is 10.9 Å². The molecular formula is C13H17BN2O2. The summed E-state index contributed by atoms with van der Waals surface area (Å²) < 4.78 is 12.0. The molecule has 0 aromatic carbocycles. The summed E-state index contributed by atoms with van der Waals surface area (Å²) in [5.41, 5.74) is 1.32. The van der Waals surface area contributed by atoms with Crippen LogP contribution in [0.15, 0.2) is 24.5 Å². The molecular weight excluding hydrogens is 227 g/mol. The van der Waals surface area contributed by atoms with Gasteiger partial charge in [0, 0.05) is 17.2 Å². The molecule has 18 heavy (non-hydrogen) atoms. The number of rotatable bonds is 1. The third kappa shape index (κ3) is 1.66. The molecule has 3 heterocycles. The number of pyridine rings is 1. The molecule has 94 valence electrons. The number of fused-ring (bicyclic) bond motifs is 1. The Kier molecular flexibility index (Phi) is 2.34. The van der Waals surface area contributed by atoms with E-state index in [1.165, 1.54) is 0 Å². The molecule has 2 aromatic rings. The first-order valence-electron chi connectivity index (χ1n) is 6.17. The topological polar surface area (TPSA) is 47.1 Å². The molecule has 0 saturated carbocycles. The fourth-order valence-electron chi connectivity index (χ4n) is 2.09. The monoisotopic (exact) mass is 244 g/mol. The van der Waals surface area contributed by atoms with Gasteiger partial charge in [0.25, 0.3) is 0 Å². The highest BCUT2D eigenvalue weighted by molar-refractivity contribution is 6.61. The molecule has 1 saturated heterocycles. The Labute approximate surface area is 107 Å². The van der Waals surface area contributed by atoms with Crippen molar-refractivity contribution in [3.05, 3.63) is 24.5 Å². The van der Waals surface area contributed by atoms with E-state index in [-0.39, 0.29) is 18.3 Å². The highest BCUT2D eigenvalue weighted by atomic mass is 16.7. The second-order valence-corrected chi connectivity index (χ2v) is 5.78. The summed E-state index contributed by atoms with van der Waals surface area (Å²) in [4.78, 5) is 7.40. The molecule has 1 aliphatic heterocycles. The third-order valence-corrected chi connectivity index (χ3v) is 3.95. The molecule has 1 fully saturated rings. The number of nitrogens with zero attached hydrogens (tertiary/aromatic N) is 1. The first kappa shape index (κ1) is 11.7. The van der Waals surface area contributed by atoms with Crippen LogP contribution in [0.2, 0.25) is 0 Å². The highest BCUT2D eigenvalue weighted by Gasteiger charge is 2.52. The van der Waals surface area contributed by atoms with E-state index in [4.69, 9.17) is 9.31 Å². The largest absolute Gasteiger partial charge is 0.512 e. The zero-order chi connectivity index (χ0) is 13.0. The molecule has 5 heteroatoms. The van der Waals surface area contributed by atoms with Crippen LogP contribution in [-0.2, 0) is 9.31 Å². The van der Waals surface area contributed by atoms with E-state index < -0.39 is 0 Å². The van der Waals surface area contributed by atoms with E-state index >= 15 is 0 Å². The summed E-state index contributed by atoms with van der Waals surface area (Å²) >= 11 is 0. The predicted molar refractivity (Wildman–Crippen MR) is 71.8 cm³/mol. The molecule has 0 aliphatic carbocycles. The maximum Gasteiger partial charge on any atom is 0.512 e.